The van der Waals surface area contributed by atoms with Gasteiger partial charge in [0.2, 0.25) is 0 Å². The van der Waals surface area contributed by atoms with Gasteiger partial charge in [0.15, 0.2) is 19.1 Å². The van der Waals surface area contributed by atoms with Crippen molar-refractivity contribution in [1.29, 1.82) is 0 Å². The molecule has 0 amide bonds. The van der Waals surface area contributed by atoms with Crippen molar-refractivity contribution >= 4 is 7.82 Å². The predicted molar refractivity (Wildman–Crippen MR) is 130 cm³/mol. The van der Waals surface area contributed by atoms with Crippen LogP contribution >= 0.6 is 7.82 Å². The van der Waals surface area contributed by atoms with Crippen molar-refractivity contribution in [2.24, 2.45) is 0 Å². The van der Waals surface area contributed by atoms with E-state index in [2.05, 4.69) is 14.7 Å². The maximum absolute atomic E-state index is 14.6. The van der Waals surface area contributed by atoms with Crippen LogP contribution in [0.2, 0.25) is 0 Å². The average molecular weight is 525 g/mol. The molecule has 0 saturated carbocycles. The monoisotopic (exact) mass is 524 g/mol. The summed E-state index contributed by atoms with van der Waals surface area (Å²) < 4.78 is 50.1. The average Bonchev–Trinajstić information content (AvgIpc) is 2.86. The Morgan fingerprint density at radius 1 is 0.543 bits per heavy atom. The molecule has 0 aliphatic carbocycles. The summed E-state index contributed by atoms with van der Waals surface area (Å²) in [6, 6.07) is 0. The Morgan fingerprint density at radius 3 is 0.971 bits per heavy atom. The molecule has 0 spiro atoms. The minimum atomic E-state index is -4.12. The molecule has 0 N–H and O–H groups in total. The molecular weight excluding hydrogens is 479 g/mol. The Hall–Kier alpha value is -0.250. The second-order valence-electron chi connectivity index (χ2n) is 9.58. The first-order valence-corrected chi connectivity index (χ1v) is 13.8. The number of ether oxygens (including phenoxy) is 3. The van der Waals surface area contributed by atoms with Gasteiger partial charge >= 0.3 is 7.82 Å². The van der Waals surface area contributed by atoms with Crippen LogP contribution < -0.4 is 0 Å². The SMILES string of the molecule is CN(C)C(OP(=O)(OC(N(C)C)N1CCOCC1)OC(N(C)C)N1CCOCC1)N1CCOCC1. The van der Waals surface area contributed by atoms with Crippen molar-refractivity contribution in [3.05, 3.63) is 0 Å². The van der Waals surface area contributed by atoms with E-state index in [0.29, 0.717) is 78.9 Å². The van der Waals surface area contributed by atoms with E-state index in [-0.39, 0.29) is 0 Å². The lowest BCUT2D eigenvalue weighted by Gasteiger charge is -2.44. The third kappa shape index (κ3) is 8.64. The van der Waals surface area contributed by atoms with Crippen LogP contribution in [0.4, 0.5) is 0 Å². The summed E-state index contributed by atoms with van der Waals surface area (Å²) in [4.78, 5) is 11.9. The minimum absolute atomic E-state index is 0.585. The molecule has 3 aliphatic heterocycles. The normalized spacial score (nSPS) is 26.2. The van der Waals surface area contributed by atoms with Crippen molar-refractivity contribution in [3.8, 4) is 0 Å². The van der Waals surface area contributed by atoms with Crippen LogP contribution in [0.25, 0.3) is 0 Å². The molecule has 3 heterocycles. The largest absolute Gasteiger partial charge is 0.482 e. The molecule has 13 nitrogen and oxygen atoms in total. The lowest BCUT2D eigenvalue weighted by Crippen LogP contribution is -2.54. The van der Waals surface area contributed by atoms with Crippen LogP contribution in [0.5, 0.6) is 0 Å². The Bertz CT molecular complexity index is 572. The van der Waals surface area contributed by atoms with Crippen LogP contribution in [0, 0.1) is 0 Å². The molecule has 0 bridgehead atoms. The summed E-state index contributed by atoms with van der Waals surface area (Å²) >= 11 is 0. The molecule has 3 atom stereocenters. The Balaban J connectivity index is 1.87. The van der Waals surface area contributed by atoms with E-state index in [1.807, 2.05) is 57.0 Å². The maximum atomic E-state index is 14.6. The Kier molecular flexibility index (Phi) is 11.8. The van der Waals surface area contributed by atoms with Gasteiger partial charge in [-0.15, -0.1) is 0 Å². The van der Waals surface area contributed by atoms with E-state index in [1.54, 1.807) is 0 Å². The topological polar surface area (TPSA) is 91.9 Å². The Labute approximate surface area is 210 Å². The number of phosphoric acid groups is 1. The molecule has 0 aromatic heterocycles. The van der Waals surface area contributed by atoms with E-state index in [1.165, 1.54) is 0 Å². The highest BCUT2D eigenvalue weighted by Gasteiger charge is 2.43. The third-order valence-corrected chi connectivity index (χ3v) is 7.41. The second-order valence-corrected chi connectivity index (χ2v) is 11.1. The highest BCUT2D eigenvalue weighted by molar-refractivity contribution is 7.48. The fourth-order valence-electron chi connectivity index (χ4n) is 4.28. The van der Waals surface area contributed by atoms with Gasteiger partial charge in [0.1, 0.15) is 0 Å². The molecule has 0 aromatic carbocycles. The van der Waals surface area contributed by atoms with E-state index in [0.717, 1.165) is 0 Å². The molecule has 206 valence electrons. The van der Waals surface area contributed by atoms with Crippen LogP contribution in [0.1, 0.15) is 0 Å². The number of morpholine rings is 3. The smallest absolute Gasteiger partial charge is 0.379 e. The number of nitrogens with zero attached hydrogens (tertiary/aromatic N) is 6. The zero-order valence-electron chi connectivity index (χ0n) is 22.2. The molecule has 14 heteroatoms. The van der Waals surface area contributed by atoms with Gasteiger partial charge < -0.3 is 14.2 Å². The van der Waals surface area contributed by atoms with Crippen LogP contribution in [-0.4, -0.2) is 170 Å². The minimum Gasteiger partial charge on any atom is -0.379 e. The summed E-state index contributed by atoms with van der Waals surface area (Å²) in [5, 5.41) is 0. The van der Waals surface area contributed by atoms with E-state index < -0.39 is 26.9 Å². The first-order valence-electron chi connectivity index (χ1n) is 12.3. The number of rotatable bonds is 12. The van der Waals surface area contributed by atoms with E-state index in [4.69, 9.17) is 27.8 Å². The quantitative estimate of drug-likeness (QED) is 0.247. The van der Waals surface area contributed by atoms with Gasteiger partial charge in [-0.2, -0.15) is 0 Å². The van der Waals surface area contributed by atoms with Crippen molar-refractivity contribution in [3.63, 3.8) is 0 Å². The molecule has 0 radical (unpaired) electrons. The molecule has 3 fully saturated rings. The van der Waals surface area contributed by atoms with Crippen molar-refractivity contribution in [2.75, 3.05) is 121 Å². The summed E-state index contributed by atoms with van der Waals surface area (Å²) in [6.45, 7) is 7.45. The fourth-order valence-corrected chi connectivity index (χ4v) is 6.09. The summed E-state index contributed by atoms with van der Waals surface area (Å²) in [7, 11) is 7.22. The van der Waals surface area contributed by atoms with E-state index in [9.17, 15) is 4.57 Å². The first kappa shape index (κ1) is 29.3. The van der Waals surface area contributed by atoms with Crippen LogP contribution in [0.15, 0.2) is 0 Å². The van der Waals surface area contributed by atoms with Crippen molar-refractivity contribution in [1.82, 2.24) is 29.4 Å². The number of hydrogen-bond donors (Lipinski definition) is 0. The van der Waals surface area contributed by atoms with Gasteiger partial charge in [-0.1, -0.05) is 0 Å². The predicted octanol–water partition coefficient (Wildman–Crippen LogP) is -0.323. The van der Waals surface area contributed by atoms with E-state index >= 15 is 0 Å². The standard InChI is InChI=1S/C21H45N6O7P/c1-22(2)19(25-7-13-29-14-8-25)32-35(28,33-20(23(3)4)26-9-15-30-16-10-26)34-21(24(5)6)27-11-17-31-18-12-27/h19-21H,7-18H2,1-6H3. The molecule has 3 rings (SSSR count). The fraction of sp³-hybridized carbons (Fsp3) is 1.00. The summed E-state index contributed by atoms with van der Waals surface area (Å²) in [5.41, 5.74) is 0. The third-order valence-electron chi connectivity index (χ3n) is 6.07. The molecule has 35 heavy (non-hydrogen) atoms. The van der Waals surface area contributed by atoms with Gasteiger partial charge in [-0.3, -0.25) is 43.0 Å². The molecule has 3 unspecified atom stereocenters. The van der Waals surface area contributed by atoms with Gasteiger partial charge in [0.25, 0.3) is 0 Å². The first-order chi connectivity index (χ1) is 16.7. The van der Waals surface area contributed by atoms with Gasteiger partial charge in [-0.25, -0.2) is 4.57 Å². The van der Waals surface area contributed by atoms with Crippen LogP contribution in [0.3, 0.4) is 0 Å². The molecule has 3 saturated heterocycles. The lowest BCUT2D eigenvalue weighted by atomic mass is 10.4. The highest BCUT2D eigenvalue weighted by Crippen LogP contribution is 2.54. The van der Waals surface area contributed by atoms with Gasteiger partial charge in [0.05, 0.1) is 39.6 Å². The maximum Gasteiger partial charge on any atom is 0.482 e. The number of phosphoric ester groups is 1. The molecule has 3 aliphatic rings. The second kappa shape index (κ2) is 14.1. The Morgan fingerprint density at radius 2 is 0.771 bits per heavy atom. The van der Waals surface area contributed by atoms with Crippen molar-refractivity contribution < 1.29 is 32.3 Å². The molecule has 0 aromatic rings. The zero-order chi connectivity index (χ0) is 25.4. The number of hydrogen-bond acceptors (Lipinski definition) is 13. The van der Waals surface area contributed by atoms with Gasteiger partial charge in [0, 0.05) is 39.3 Å². The summed E-state index contributed by atoms with van der Waals surface area (Å²) in [6.07, 6.45) is -1.82. The molecular formula is C21H45N6O7P. The van der Waals surface area contributed by atoms with Gasteiger partial charge in [-0.05, 0) is 42.3 Å². The van der Waals surface area contributed by atoms with Crippen LogP contribution in [-0.2, 0) is 32.3 Å². The zero-order valence-corrected chi connectivity index (χ0v) is 23.1. The summed E-state index contributed by atoms with van der Waals surface area (Å²) in [5.74, 6) is 0. The highest BCUT2D eigenvalue weighted by atomic mass is 31.2. The van der Waals surface area contributed by atoms with Crippen molar-refractivity contribution in [2.45, 2.75) is 19.1 Å². The lowest BCUT2D eigenvalue weighted by molar-refractivity contribution is -0.175.